The lowest BCUT2D eigenvalue weighted by Crippen LogP contribution is -2.66. The normalized spacial score (nSPS) is 17.0. The van der Waals surface area contributed by atoms with Crippen LogP contribution in [0.5, 0.6) is 5.75 Å². The van der Waals surface area contributed by atoms with E-state index in [1.807, 2.05) is 13.8 Å². The lowest BCUT2D eigenvalue weighted by molar-refractivity contribution is -0.165. The van der Waals surface area contributed by atoms with Gasteiger partial charge in [0, 0.05) is 0 Å². The lowest BCUT2D eigenvalue weighted by Gasteiger charge is -2.48. The van der Waals surface area contributed by atoms with Crippen molar-refractivity contribution in [2.75, 3.05) is 19.7 Å². The monoisotopic (exact) mass is 301 g/mol. The Balaban J connectivity index is 1.85. The highest BCUT2D eigenvalue weighted by Crippen LogP contribution is 2.29. The van der Waals surface area contributed by atoms with Gasteiger partial charge >= 0.3 is 0 Å². The van der Waals surface area contributed by atoms with Gasteiger partial charge in [0.1, 0.15) is 17.2 Å². The number of ether oxygens (including phenoxy) is 1. The zero-order valence-electron chi connectivity index (χ0n) is 11.4. The number of halogens is 2. The summed E-state index contributed by atoms with van der Waals surface area (Å²) < 4.78 is 18.1. The van der Waals surface area contributed by atoms with Gasteiger partial charge in [0.25, 0.3) is 5.91 Å². The average Bonchev–Trinajstić information content (AvgIpc) is 2.33. The van der Waals surface area contributed by atoms with Gasteiger partial charge < -0.3 is 14.7 Å². The Labute approximate surface area is 122 Å². The standard InChI is InChI=1S/C14H17ClFNO3/c1-9(2)14(19)7-17(8-14)13(18)6-20-12-4-3-10(16)5-11(12)15/h3-5,9,19H,6-8H2,1-2H3. The van der Waals surface area contributed by atoms with Gasteiger partial charge in [-0.3, -0.25) is 4.79 Å². The molecule has 110 valence electrons. The summed E-state index contributed by atoms with van der Waals surface area (Å²) in [7, 11) is 0. The maximum atomic E-state index is 12.9. The van der Waals surface area contributed by atoms with Gasteiger partial charge in [-0.1, -0.05) is 25.4 Å². The van der Waals surface area contributed by atoms with Crippen LogP contribution in [0.25, 0.3) is 0 Å². The highest BCUT2D eigenvalue weighted by molar-refractivity contribution is 6.32. The van der Waals surface area contributed by atoms with Gasteiger partial charge in [-0.15, -0.1) is 0 Å². The molecule has 0 atom stereocenters. The first kappa shape index (κ1) is 15.1. The van der Waals surface area contributed by atoms with E-state index in [-0.39, 0.29) is 29.2 Å². The molecular formula is C14H17ClFNO3. The molecule has 1 aromatic rings. The van der Waals surface area contributed by atoms with Crippen LogP contribution in [0.2, 0.25) is 5.02 Å². The molecule has 1 saturated heterocycles. The van der Waals surface area contributed by atoms with E-state index in [4.69, 9.17) is 16.3 Å². The number of benzene rings is 1. The summed E-state index contributed by atoms with van der Waals surface area (Å²) >= 11 is 5.80. The Morgan fingerprint density at radius 3 is 2.75 bits per heavy atom. The van der Waals surface area contributed by atoms with Crippen LogP contribution in [-0.2, 0) is 4.79 Å². The summed E-state index contributed by atoms with van der Waals surface area (Å²) in [6, 6.07) is 3.72. The van der Waals surface area contributed by atoms with Crippen molar-refractivity contribution < 1.29 is 19.0 Å². The summed E-state index contributed by atoms with van der Waals surface area (Å²) in [5.74, 6) is -0.325. The molecule has 6 heteroatoms. The Hall–Kier alpha value is -1.33. The quantitative estimate of drug-likeness (QED) is 0.926. The molecule has 1 heterocycles. The Bertz CT molecular complexity index is 515. The highest BCUT2D eigenvalue weighted by Gasteiger charge is 2.45. The average molecular weight is 302 g/mol. The van der Waals surface area contributed by atoms with E-state index < -0.39 is 11.4 Å². The van der Waals surface area contributed by atoms with Crippen LogP contribution in [0.15, 0.2) is 18.2 Å². The van der Waals surface area contributed by atoms with Crippen molar-refractivity contribution in [2.45, 2.75) is 19.4 Å². The molecule has 0 bridgehead atoms. The smallest absolute Gasteiger partial charge is 0.260 e. The van der Waals surface area contributed by atoms with E-state index >= 15 is 0 Å². The Morgan fingerprint density at radius 2 is 2.20 bits per heavy atom. The third kappa shape index (κ3) is 3.04. The van der Waals surface area contributed by atoms with Gasteiger partial charge in [-0.05, 0) is 24.1 Å². The number of rotatable bonds is 4. The van der Waals surface area contributed by atoms with Gasteiger partial charge in [0.05, 0.1) is 18.1 Å². The maximum Gasteiger partial charge on any atom is 0.260 e. The number of aliphatic hydroxyl groups is 1. The van der Waals surface area contributed by atoms with E-state index in [0.29, 0.717) is 13.1 Å². The number of carbonyl (C=O) groups is 1. The van der Waals surface area contributed by atoms with Crippen LogP contribution in [0.4, 0.5) is 4.39 Å². The molecule has 2 rings (SSSR count). The Morgan fingerprint density at radius 1 is 1.55 bits per heavy atom. The predicted octanol–water partition coefficient (Wildman–Crippen LogP) is 2.09. The summed E-state index contributed by atoms with van der Waals surface area (Å²) in [5, 5.41) is 10.2. The summed E-state index contributed by atoms with van der Waals surface area (Å²) in [4.78, 5) is 13.4. The van der Waals surface area contributed by atoms with Crippen LogP contribution >= 0.6 is 11.6 Å². The third-order valence-electron chi connectivity index (χ3n) is 3.60. The Kier molecular flexibility index (Phi) is 4.20. The van der Waals surface area contributed by atoms with Crippen LogP contribution in [0.3, 0.4) is 0 Å². The number of hydrogen-bond acceptors (Lipinski definition) is 3. The predicted molar refractivity (Wildman–Crippen MR) is 73.3 cm³/mol. The van der Waals surface area contributed by atoms with Crippen molar-refractivity contribution in [3.05, 3.63) is 29.0 Å². The number of likely N-dealkylation sites (tertiary alicyclic amines) is 1. The summed E-state index contributed by atoms with van der Waals surface area (Å²) in [5.41, 5.74) is -0.802. The fourth-order valence-electron chi connectivity index (χ4n) is 1.98. The second-order valence-corrected chi connectivity index (χ2v) is 5.78. The number of nitrogens with zero attached hydrogens (tertiary/aromatic N) is 1. The van der Waals surface area contributed by atoms with E-state index in [1.54, 1.807) is 0 Å². The molecule has 0 radical (unpaired) electrons. The molecule has 0 aromatic heterocycles. The van der Waals surface area contributed by atoms with Crippen LogP contribution in [-0.4, -0.2) is 41.2 Å². The van der Waals surface area contributed by atoms with E-state index in [0.717, 1.165) is 6.07 Å². The minimum absolute atomic E-state index is 0.0963. The van der Waals surface area contributed by atoms with Crippen molar-refractivity contribution in [3.8, 4) is 5.75 Å². The molecule has 1 amide bonds. The van der Waals surface area contributed by atoms with E-state index in [9.17, 15) is 14.3 Å². The van der Waals surface area contributed by atoms with Crippen LogP contribution in [0, 0.1) is 11.7 Å². The summed E-state index contributed by atoms with van der Waals surface area (Å²) in [6.45, 7) is 4.26. The number of hydrogen-bond donors (Lipinski definition) is 1. The van der Waals surface area contributed by atoms with Crippen LogP contribution < -0.4 is 4.74 Å². The van der Waals surface area contributed by atoms with Gasteiger partial charge in [-0.25, -0.2) is 4.39 Å². The second-order valence-electron chi connectivity index (χ2n) is 5.37. The molecule has 1 aliphatic rings. The topological polar surface area (TPSA) is 49.8 Å². The fraction of sp³-hybridized carbons (Fsp3) is 0.500. The zero-order valence-corrected chi connectivity index (χ0v) is 12.2. The van der Waals surface area contributed by atoms with Crippen molar-refractivity contribution in [2.24, 2.45) is 5.92 Å². The molecule has 0 aliphatic carbocycles. The van der Waals surface area contributed by atoms with Gasteiger partial charge in [0.2, 0.25) is 0 Å². The SMILES string of the molecule is CC(C)C1(O)CN(C(=O)COc2ccc(F)cc2Cl)C1. The first-order chi connectivity index (χ1) is 9.32. The molecule has 20 heavy (non-hydrogen) atoms. The molecule has 0 saturated carbocycles. The first-order valence-electron chi connectivity index (χ1n) is 6.40. The first-order valence-corrected chi connectivity index (χ1v) is 6.77. The van der Waals surface area contributed by atoms with Crippen molar-refractivity contribution in [1.82, 2.24) is 4.90 Å². The van der Waals surface area contributed by atoms with Crippen molar-refractivity contribution in [1.29, 1.82) is 0 Å². The molecule has 0 unspecified atom stereocenters. The third-order valence-corrected chi connectivity index (χ3v) is 3.90. The van der Waals surface area contributed by atoms with Gasteiger partial charge in [0.15, 0.2) is 6.61 Å². The molecule has 1 fully saturated rings. The second kappa shape index (κ2) is 5.58. The van der Waals surface area contributed by atoms with Gasteiger partial charge in [-0.2, -0.15) is 0 Å². The summed E-state index contributed by atoms with van der Waals surface area (Å²) in [6.07, 6.45) is 0. The number of β-amino-alcohol motifs (C(OH)–C–C–N with tert-alkyl or cyclic N) is 1. The van der Waals surface area contributed by atoms with Crippen molar-refractivity contribution in [3.63, 3.8) is 0 Å². The van der Waals surface area contributed by atoms with E-state index in [1.165, 1.54) is 17.0 Å². The fourth-order valence-corrected chi connectivity index (χ4v) is 2.20. The zero-order chi connectivity index (χ0) is 14.9. The van der Waals surface area contributed by atoms with Crippen LogP contribution in [0.1, 0.15) is 13.8 Å². The minimum atomic E-state index is -0.802. The number of carbonyl (C=O) groups excluding carboxylic acids is 1. The molecular weight excluding hydrogens is 285 g/mol. The molecule has 1 N–H and O–H groups in total. The number of amides is 1. The molecule has 1 aliphatic heterocycles. The lowest BCUT2D eigenvalue weighted by atomic mass is 9.83. The minimum Gasteiger partial charge on any atom is -0.482 e. The molecule has 4 nitrogen and oxygen atoms in total. The molecule has 1 aromatic carbocycles. The molecule has 0 spiro atoms. The largest absolute Gasteiger partial charge is 0.482 e. The highest BCUT2D eigenvalue weighted by atomic mass is 35.5. The van der Waals surface area contributed by atoms with E-state index in [2.05, 4.69) is 0 Å². The van der Waals surface area contributed by atoms with Crippen molar-refractivity contribution >= 4 is 17.5 Å². The maximum absolute atomic E-state index is 12.9.